The molecular formula is C14H16BrClN2. The van der Waals surface area contributed by atoms with Gasteiger partial charge in [0.15, 0.2) is 0 Å². The van der Waals surface area contributed by atoms with Crippen molar-refractivity contribution in [2.24, 2.45) is 13.0 Å². The van der Waals surface area contributed by atoms with Crippen molar-refractivity contribution < 1.29 is 0 Å². The Labute approximate surface area is 121 Å². The summed E-state index contributed by atoms with van der Waals surface area (Å²) in [6.45, 7) is 0. The lowest BCUT2D eigenvalue weighted by Gasteiger charge is -2.12. The Hall–Kier alpha value is -0.800. The van der Waals surface area contributed by atoms with E-state index in [0.29, 0.717) is 11.8 Å². The van der Waals surface area contributed by atoms with Crippen LogP contribution in [0.25, 0.3) is 0 Å². The molecule has 0 bridgehead atoms. The molecule has 0 aliphatic carbocycles. The molecule has 0 saturated heterocycles. The van der Waals surface area contributed by atoms with E-state index in [1.807, 2.05) is 17.9 Å². The molecule has 4 heteroatoms. The number of alkyl halides is 1. The summed E-state index contributed by atoms with van der Waals surface area (Å²) in [5.74, 6) is 1.13. The fourth-order valence-corrected chi connectivity index (χ4v) is 2.53. The van der Waals surface area contributed by atoms with Gasteiger partial charge in [-0.1, -0.05) is 28.1 Å². The highest BCUT2D eigenvalue weighted by atomic mass is 79.9. The van der Waals surface area contributed by atoms with Crippen molar-refractivity contribution >= 4 is 27.5 Å². The molecule has 0 N–H and O–H groups in total. The Kier molecular flexibility index (Phi) is 4.84. The summed E-state index contributed by atoms with van der Waals surface area (Å²) in [6.07, 6.45) is 5.96. The summed E-state index contributed by atoms with van der Waals surface area (Å²) in [7, 11) is 1.94. The van der Waals surface area contributed by atoms with Crippen LogP contribution in [0.4, 0.5) is 0 Å². The van der Waals surface area contributed by atoms with Crippen LogP contribution >= 0.6 is 27.5 Å². The summed E-state index contributed by atoms with van der Waals surface area (Å²) in [5.41, 5.74) is 2.58. The Morgan fingerprint density at radius 3 is 2.44 bits per heavy atom. The first-order valence-electron chi connectivity index (χ1n) is 5.95. The first kappa shape index (κ1) is 13.6. The predicted octanol–water partition coefficient (Wildman–Crippen LogP) is 3.82. The average molecular weight is 328 g/mol. The Bertz CT molecular complexity index is 493. The lowest BCUT2D eigenvalue weighted by atomic mass is 9.95. The van der Waals surface area contributed by atoms with Crippen LogP contribution in [-0.4, -0.2) is 15.7 Å². The highest BCUT2D eigenvalue weighted by Gasteiger charge is 2.10. The van der Waals surface area contributed by atoms with Crippen molar-refractivity contribution in [2.45, 2.75) is 12.8 Å². The molecule has 0 fully saturated rings. The molecule has 1 aromatic carbocycles. The summed E-state index contributed by atoms with van der Waals surface area (Å²) < 4.78 is 2.95. The average Bonchev–Trinajstić information content (AvgIpc) is 2.77. The van der Waals surface area contributed by atoms with E-state index in [2.05, 4.69) is 51.5 Å². The Balaban J connectivity index is 1.99. The lowest BCUT2D eigenvalue weighted by Crippen LogP contribution is -2.09. The third-order valence-corrected chi connectivity index (χ3v) is 3.90. The largest absolute Gasteiger partial charge is 0.276 e. The molecule has 1 atom stereocenters. The second kappa shape index (κ2) is 6.39. The van der Waals surface area contributed by atoms with Gasteiger partial charge >= 0.3 is 0 Å². The van der Waals surface area contributed by atoms with Crippen molar-refractivity contribution in [1.29, 1.82) is 0 Å². The lowest BCUT2D eigenvalue weighted by molar-refractivity contribution is 0.583. The molecule has 1 aromatic heterocycles. The van der Waals surface area contributed by atoms with E-state index in [9.17, 15) is 0 Å². The van der Waals surface area contributed by atoms with Crippen LogP contribution in [0.3, 0.4) is 0 Å². The first-order valence-corrected chi connectivity index (χ1v) is 7.28. The zero-order chi connectivity index (χ0) is 13.0. The molecular weight excluding hydrogens is 312 g/mol. The van der Waals surface area contributed by atoms with Gasteiger partial charge in [-0.25, -0.2) is 0 Å². The number of rotatable bonds is 5. The number of hydrogen-bond donors (Lipinski definition) is 0. The van der Waals surface area contributed by atoms with E-state index in [-0.39, 0.29) is 0 Å². The highest BCUT2D eigenvalue weighted by molar-refractivity contribution is 9.10. The van der Waals surface area contributed by atoms with E-state index >= 15 is 0 Å². The van der Waals surface area contributed by atoms with E-state index < -0.39 is 0 Å². The van der Waals surface area contributed by atoms with Gasteiger partial charge in [-0.15, -0.1) is 11.6 Å². The standard InChI is InChI=1S/C14H16BrClN2/c1-18-10-13(9-17-18)7-12(8-16)6-11-2-4-14(15)5-3-11/h2-5,9-10,12H,6-8H2,1H3. The van der Waals surface area contributed by atoms with Crippen LogP contribution < -0.4 is 0 Å². The smallest absolute Gasteiger partial charge is 0.0521 e. The molecule has 96 valence electrons. The summed E-state index contributed by atoms with van der Waals surface area (Å²) in [6, 6.07) is 8.44. The molecule has 2 rings (SSSR count). The van der Waals surface area contributed by atoms with Crippen molar-refractivity contribution in [3.8, 4) is 0 Å². The van der Waals surface area contributed by atoms with Crippen LogP contribution in [0.15, 0.2) is 41.1 Å². The van der Waals surface area contributed by atoms with Crippen LogP contribution in [0.5, 0.6) is 0 Å². The van der Waals surface area contributed by atoms with Crippen molar-refractivity contribution in [2.75, 3.05) is 5.88 Å². The second-order valence-corrected chi connectivity index (χ2v) is 5.80. The van der Waals surface area contributed by atoms with Crippen molar-refractivity contribution in [1.82, 2.24) is 9.78 Å². The van der Waals surface area contributed by atoms with Crippen LogP contribution in [0.1, 0.15) is 11.1 Å². The molecule has 1 unspecified atom stereocenters. The van der Waals surface area contributed by atoms with Crippen LogP contribution in [0, 0.1) is 5.92 Å². The molecule has 0 saturated carbocycles. The van der Waals surface area contributed by atoms with Gasteiger partial charge in [0.2, 0.25) is 0 Å². The number of aryl methyl sites for hydroxylation is 1. The minimum atomic E-state index is 0.456. The minimum Gasteiger partial charge on any atom is -0.276 e. The summed E-state index contributed by atoms with van der Waals surface area (Å²) in [4.78, 5) is 0. The number of nitrogens with zero attached hydrogens (tertiary/aromatic N) is 2. The Morgan fingerprint density at radius 1 is 1.22 bits per heavy atom. The van der Waals surface area contributed by atoms with Gasteiger partial charge in [-0.3, -0.25) is 4.68 Å². The van der Waals surface area contributed by atoms with Gasteiger partial charge in [0.05, 0.1) is 6.20 Å². The number of halogens is 2. The van der Waals surface area contributed by atoms with Gasteiger partial charge in [0, 0.05) is 23.6 Å². The fraction of sp³-hybridized carbons (Fsp3) is 0.357. The highest BCUT2D eigenvalue weighted by Crippen LogP contribution is 2.18. The maximum Gasteiger partial charge on any atom is 0.0521 e. The number of aromatic nitrogens is 2. The number of benzene rings is 1. The normalized spacial score (nSPS) is 12.6. The molecule has 18 heavy (non-hydrogen) atoms. The predicted molar refractivity (Wildman–Crippen MR) is 79.0 cm³/mol. The van der Waals surface area contributed by atoms with Crippen LogP contribution in [-0.2, 0) is 19.9 Å². The fourth-order valence-electron chi connectivity index (χ4n) is 2.05. The van der Waals surface area contributed by atoms with Gasteiger partial charge in [0.25, 0.3) is 0 Å². The van der Waals surface area contributed by atoms with Crippen molar-refractivity contribution in [3.05, 3.63) is 52.3 Å². The summed E-state index contributed by atoms with van der Waals surface area (Å²) in [5, 5.41) is 4.19. The maximum atomic E-state index is 6.07. The molecule has 0 aliphatic rings. The molecule has 0 spiro atoms. The minimum absolute atomic E-state index is 0.456. The first-order chi connectivity index (χ1) is 8.67. The second-order valence-electron chi connectivity index (χ2n) is 4.58. The molecule has 0 amide bonds. The molecule has 0 aliphatic heterocycles. The van der Waals surface area contributed by atoms with E-state index in [1.165, 1.54) is 11.1 Å². The monoisotopic (exact) mass is 326 g/mol. The van der Waals surface area contributed by atoms with E-state index in [0.717, 1.165) is 17.3 Å². The van der Waals surface area contributed by atoms with Gasteiger partial charge in [0.1, 0.15) is 0 Å². The SMILES string of the molecule is Cn1cc(CC(CCl)Cc2ccc(Br)cc2)cn1. The zero-order valence-electron chi connectivity index (χ0n) is 10.3. The third kappa shape index (κ3) is 3.85. The van der Waals surface area contributed by atoms with Gasteiger partial charge < -0.3 is 0 Å². The molecule has 0 radical (unpaired) electrons. The maximum absolute atomic E-state index is 6.07. The summed E-state index contributed by atoms with van der Waals surface area (Å²) >= 11 is 9.52. The van der Waals surface area contributed by atoms with Gasteiger partial charge in [-0.2, -0.15) is 5.10 Å². The quantitative estimate of drug-likeness (QED) is 0.763. The molecule has 1 heterocycles. The van der Waals surface area contributed by atoms with E-state index in [4.69, 9.17) is 11.6 Å². The third-order valence-electron chi connectivity index (χ3n) is 2.94. The van der Waals surface area contributed by atoms with Crippen LogP contribution in [0.2, 0.25) is 0 Å². The van der Waals surface area contributed by atoms with Crippen molar-refractivity contribution in [3.63, 3.8) is 0 Å². The number of hydrogen-bond acceptors (Lipinski definition) is 1. The molecule has 2 aromatic rings. The zero-order valence-corrected chi connectivity index (χ0v) is 12.7. The molecule has 2 nitrogen and oxygen atoms in total. The van der Waals surface area contributed by atoms with Gasteiger partial charge in [-0.05, 0) is 42.0 Å². The Morgan fingerprint density at radius 2 is 1.89 bits per heavy atom. The topological polar surface area (TPSA) is 17.8 Å². The van der Waals surface area contributed by atoms with E-state index in [1.54, 1.807) is 0 Å².